The largest absolute Gasteiger partial charge is 0.308 e. The summed E-state index contributed by atoms with van der Waals surface area (Å²) in [5, 5.41) is 4.95. The Morgan fingerprint density at radius 1 is 0.788 bits per heavy atom. The molecule has 3 aliphatic heterocycles. The molecule has 0 amide bonds. The number of rotatable bonds is 6. The first-order chi connectivity index (χ1) is 16.3. The van der Waals surface area contributed by atoms with Crippen LogP contribution in [0.4, 0.5) is 0 Å². The van der Waals surface area contributed by atoms with E-state index >= 15 is 0 Å². The standard InChI is InChI=1S/C30H33ClN2/c31-26-17-8-7-14-23(26)18-32-29-27-24-15-9-16-25(27)20-33(19-24)30(29)28(21-10-3-1-4-11-21)22-12-5-2-6-13-22/h1-8,10-14,17,24-25,27-30,32H,9,15-16,18-20H2/t24?,25?,27?,29?,30-/m0/s1. The number of fused-ring (bicyclic) bond motifs is 1. The van der Waals surface area contributed by atoms with Crippen molar-refractivity contribution >= 4 is 11.6 Å². The Hall–Kier alpha value is -2.13. The maximum absolute atomic E-state index is 6.56. The molecule has 3 unspecified atom stereocenters. The van der Waals surface area contributed by atoms with E-state index < -0.39 is 0 Å². The van der Waals surface area contributed by atoms with Gasteiger partial charge in [-0.25, -0.2) is 0 Å². The topological polar surface area (TPSA) is 15.3 Å². The molecule has 2 nitrogen and oxygen atoms in total. The van der Waals surface area contributed by atoms with Crippen LogP contribution in [-0.4, -0.2) is 30.1 Å². The summed E-state index contributed by atoms with van der Waals surface area (Å²) in [5.74, 6) is 2.76. The summed E-state index contributed by atoms with van der Waals surface area (Å²) in [7, 11) is 0. The summed E-state index contributed by atoms with van der Waals surface area (Å²) in [6.45, 7) is 3.35. The molecule has 0 spiro atoms. The first kappa shape index (κ1) is 21.4. The van der Waals surface area contributed by atoms with E-state index in [1.165, 1.54) is 49.0 Å². The average molecular weight is 457 g/mol. The van der Waals surface area contributed by atoms with Crippen LogP contribution in [-0.2, 0) is 6.54 Å². The summed E-state index contributed by atoms with van der Waals surface area (Å²) in [5.41, 5.74) is 4.06. The molecule has 7 rings (SSSR count). The Labute approximate surface area is 203 Å². The molecule has 170 valence electrons. The Kier molecular flexibility index (Phi) is 6.00. The number of halogens is 1. The van der Waals surface area contributed by atoms with E-state index in [-0.39, 0.29) is 0 Å². The van der Waals surface area contributed by atoms with Gasteiger partial charge >= 0.3 is 0 Å². The van der Waals surface area contributed by atoms with Crippen molar-refractivity contribution in [1.29, 1.82) is 0 Å². The average Bonchev–Trinajstić information content (AvgIpc) is 2.85. The lowest BCUT2D eigenvalue weighted by atomic mass is 9.58. The molecule has 1 aliphatic carbocycles. The second kappa shape index (κ2) is 9.25. The predicted molar refractivity (Wildman–Crippen MR) is 136 cm³/mol. The van der Waals surface area contributed by atoms with Crippen molar-refractivity contribution < 1.29 is 0 Å². The Bertz CT molecular complexity index is 1020. The molecular weight excluding hydrogens is 424 g/mol. The molecule has 4 aliphatic rings. The minimum Gasteiger partial charge on any atom is -0.308 e. The Morgan fingerprint density at radius 3 is 1.97 bits per heavy atom. The molecular formula is C30H33ClN2. The van der Waals surface area contributed by atoms with Crippen LogP contribution >= 0.6 is 11.6 Å². The SMILES string of the molecule is Clc1ccccc1CNC1C2C3CCCC2CN(C3)[C@H]1C(c1ccccc1)c1ccccc1. The Morgan fingerprint density at radius 2 is 1.36 bits per heavy atom. The molecule has 3 aromatic carbocycles. The first-order valence-corrected chi connectivity index (χ1v) is 13.0. The maximum Gasteiger partial charge on any atom is 0.0450 e. The summed E-state index contributed by atoms with van der Waals surface area (Å²) in [6, 6.07) is 31.6. The fourth-order valence-electron chi connectivity index (χ4n) is 7.25. The zero-order chi connectivity index (χ0) is 22.2. The predicted octanol–water partition coefficient (Wildman–Crippen LogP) is 6.36. The quantitative estimate of drug-likeness (QED) is 0.464. The highest BCUT2D eigenvalue weighted by Crippen LogP contribution is 2.51. The molecule has 3 heterocycles. The van der Waals surface area contributed by atoms with Crippen LogP contribution in [0, 0.1) is 17.8 Å². The van der Waals surface area contributed by atoms with Gasteiger partial charge in [0.1, 0.15) is 0 Å². The zero-order valence-corrected chi connectivity index (χ0v) is 19.9. The van der Waals surface area contributed by atoms with Gasteiger partial charge in [0.15, 0.2) is 0 Å². The van der Waals surface area contributed by atoms with Gasteiger partial charge in [0, 0.05) is 42.7 Å². The van der Waals surface area contributed by atoms with Crippen LogP contribution in [0.25, 0.3) is 0 Å². The summed E-state index contributed by atoms with van der Waals surface area (Å²) < 4.78 is 0. The molecule has 3 aromatic rings. The second-order valence-electron chi connectivity index (χ2n) is 10.3. The number of piperidine rings is 3. The van der Waals surface area contributed by atoms with Crippen molar-refractivity contribution in [2.45, 2.75) is 43.8 Å². The second-order valence-corrected chi connectivity index (χ2v) is 10.7. The minimum atomic E-state index is 0.361. The van der Waals surface area contributed by atoms with E-state index in [9.17, 15) is 0 Å². The zero-order valence-electron chi connectivity index (χ0n) is 19.1. The van der Waals surface area contributed by atoms with E-state index in [0.717, 1.165) is 29.3 Å². The van der Waals surface area contributed by atoms with Gasteiger partial charge in [-0.05, 0) is 53.4 Å². The van der Waals surface area contributed by atoms with E-state index in [2.05, 4.69) is 83.0 Å². The maximum atomic E-state index is 6.56. The molecule has 4 fully saturated rings. The van der Waals surface area contributed by atoms with Gasteiger partial charge in [-0.1, -0.05) is 96.9 Å². The van der Waals surface area contributed by atoms with Crippen LogP contribution in [0.5, 0.6) is 0 Å². The lowest BCUT2D eigenvalue weighted by molar-refractivity contribution is -0.0976. The first-order valence-electron chi connectivity index (χ1n) is 12.6. The van der Waals surface area contributed by atoms with Gasteiger partial charge < -0.3 is 5.32 Å². The van der Waals surface area contributed by atoms with Gasteiger partial charge in [-0.15, -0.1) is 0 Å². The number of nitrogens with zero attached hydrogens (tertiary/aromatic N) is 1. The normalized spacial score (nSPS) is 30.5. The molecule has 33 heavy (non-hydrogen) atoms. The molecule has 4 bridgehead atoms. The lowest BCUT2D eigenvalue weighted by Gasteiger charge is -2.62. The number of nitrogens with one attached hydrogen (secondary N) is 1. The summed E-state index contributed by atoms with van der Waals surface area (Å²) in [4.78, 5) is 2.85. The minimum absolute atomic E-state index is 0.361. The molecule has 1 saturated carbocycles. The highest BCUT2D eigenvalue weighted by molar-refractivity contribution is 6.31. The number of hydrogen-bond donors (Lipinski definition) is 1. The van der Waals surface area contributed by atoms with Gasteiger partial charge in [-0.2, -0.15) is 0 Å². The third-order valence-electron chi connectivity index (χ3n) is 8.53. The summed E-state index contributed by atoms with van der Waals surface area (Å²) >= 11 is 6.56. The molecule has 3 heteroatoms. The van der Waals surface area contributed by atoms with Gasteiger partial charge in [-0.3, -0.25) is 4.90 Å². The highest BCUT2D eigenvalue weighted by atomic mass is 35.5. The molecule has 0 radical (unpaired) electrons. The smallest absolute Gasteiger partial charge is 0.0450 e. The molecule has 4 atom stereocenters. The summed E-state index contributed by atoms with van der Waals surface area (Å²) in [6.07, 6.45) is 4.17. The van der Waals surface area contributed by atoms with Crippen LogP contribution in [0.15, 0.2) is 84.9 Å². The van der Waals surface area contributed by atoms with Gasteiger partial charge in [0.2, 0.25) is 0 Å². The van der Waals surface area contributed by atoms with Gasteiger partial charge in [0.05, 0.1) is 0 Å². The van der Waals surface area contributed by atoms with Crippen molar-refractivity contribution in [2.24, 2.45) is 17.8 Å². The van der Waals surface area contributed by atoms with E-state index in [1.807, 2.05) is 12.1 Å². The third kappa shape index (κ3) is 4.03. The lowest BCUT2D eigenvalue weighted by Crippen LogP contribution is -2.71. The van der Waals surface area contributed by atoms with E-state index in [4.69, 9.17) is 11.6 Å². The van der Waals surface area contributed by atoms with Crippen LogP contribution in [0.1, 0.15) is 41.9 Å². The van der Waals surface area contributed by atoms with Crippen molar-refractivity contribution in [1.82, 2.24) is 10.2 Å². The highest BCUT2D eigenvalue weighted by Gasteiger charge is 2.55. The Balaban J connectivity index is 1.40. The third-order valence-corrected chi connectivity index (χ3v) is 8.89. The van der Waals surface area contributed by atoms with E-state index in [1.54, 1.807) is 0 Å². The van der Waals surface area contributed by atoms with Crippen molar-refractivity contribution in [3.8, 4) is 0 Å². The van der Waals surface area contributed by atoms with Crippen molar-refractivity contribution in [3.05, 3.63) is 107 Å². The van der Waals surface area contributed by atoms with Crippen LogP contribution < -0.4 is 5.32 Å². The monoisotopic (exact) mass is 456 g/mol. The van der Waals surface area contributed by atoms with E-state index in [0.29, 0.717) is 18.0 Å². The molecule has 1 N–H and O–H groups in total. The number of hydrogen-bond acceptors (Lipinski definition) is 2. The fraction of sp³-hybridized carbons (Fsp3) is 0.400. The van der Waals surface area contributed by atoms with Gasteiger partial charge in [0.25, 0.3) is 0 Å². The number of benzene rings is 3. The molecule has 0 aromatic heterocycles. The van der Waals surface area contributed by atoms with Crippen LogP contribution in [0.2, 0.25) is 5.02 Å². The molecule has 3 saturated heterocycles. The van der Waals surface area contributed by atoms with Crippen molar-refractivity contribution in [2.75, 3.05) is 13.1 Å². The van der Waals surface area contributed by atoms with Crippen molar-refractivity contribution in [3.63, 3.8) is 0 Å². The van der Waals surface area contributed by atoms with Crippen LogP contribution in [0.3, 0.4) is 0 Å². The fourth-order valence-corrected chi connectivity index (χ4v) is 7.45.